The summed E-state index contributed by atoms with van der Waals surface area (Å²) in [6.07, 6.45) is 1.51. The van der Waals surface area contributed by atoms with Gasteiger partial charge in [-0.1, -0.05) is 33.6 Å². The lowest BCUT2D eigenvalue weighted by Crippen LogP contribution is -2.12. The van der Waals surface area contributed by atoms with E-state index in [0.29, 0.717) is 11.3 Å². The molecule has 0 atom stereocenters. The van der Waals surface area contributed by atoms with E-state index in [1.165, 1.54) is 6.20 Å². The molecule has 0 saturated carbocycles. The van der Waals surface area contributed by atoms with Crippen molar-refractivity contribution in [2.75, 3.05) is 0 Å². The van der Waals surface area contributed by atoms with Gasteiger partial charge in [-0.3, -0.25) is 5.41 Å². The van der Waals surface area contributed by atoms with Crippen LogP contribution in [0.4, 0.5) is 0 Å². The Bertz CT molecular complexity index is 646. The monoisotopic (exact) mass is 339 g/mol. The van der Waals surface area contributed by atoms with Gasteiger partial charge in [0, 0.05) is 16.2 Å². The highest BCUT2D eigenvalue weighted by Gasteiger charge is 2.12. The highest BCUT2D eigenvalue weighted by molar-refractivity contribution is 9.10. The van der Waals surface area contributed by atoms with Crippen molar-refractivity contribution in [2.24, 2.45) is 5.73 Å². The lowest BCUT2D eigenvalue weighted by Gasteiger charge is -2.11. The number of hydrogen-bond acceptors (Lipinski definition) is 3. The molecule has 0 bridgehead atoms. The van der Waals surface area contributed by atoms with Crippen LogP contribution in [-0.2, 0) is 0 Å². The molecule has 1 heterocycles. The summed E-state index contributed by atoms with van der Waals surface area (Å²) >= 11 is 9.50. The van der Waals surface area contributed by atoms with Gasteiger partial charge in [0.25, 0.3) is 0 Å². The smallest absolute Gasteiger partial charge is 0.238 e. The van der Waals surface area contributed by atoms with Crippen LogP contribution < -0.4 is 10.5 Å². The van der Waals surface area contributed by atoms with E-state index in [4.69, 9.17) is 27.5 Å². The van der Waals surface area contributed by atoms with Gasteiger partial charge in [0.15, 0.2) is 0 Å². The van der Waals surface area contributed by atoms with Gasteiger partial charge in [0.2, 0.25) is 5.88 Å². The van der Waals surface area contributed by atoms with Gasteiger partial charge >= 0.3 is 0 Å². The molecule has 0 fully saturated rings. The maximum atomic E-state index is 7.43. The number of pyridine rings is 1. The number of hydrogen-bond donors (Lipinski definition) is 2. The number of aromatic nitrogens is 1. The average Bonchev–Trinajstić information content (AvgIpc) is 2.36. The van der Waals surface area contributed by atoms with Crippen LogP contribution in [0.1, 0.15) is 11.1 Å². The quantitative estimate of drug-likeness (QED) is 0.658. The lowest BCUT2D eigenvalue weighted by molar-refractivity contribution is 0.459. The van der Waals surface area contributed by atoms with Crippen LogP contribution in [0.2, 0.25) is 5.02 Å². The molecule has 2 rings (SSSR count). The number of benzene rings is 1. The molecule has 3 N–H and O–H groups in total. The normalized spacial score (nSPS) is 10.3. The van der Waals surface area contributed by atoms with Gasteiger partial charge in [-0.25, -0.2) is 4.98 Å². The van der Waals surface area contributed by atoms with E-state index in [-0.39, 0.29) is 16.7 Å². The Hall–Kier alpha value is -1.59. The molecule has 0 saturated heterocycles. The summed E-state index contributed by atoms with van der Waals surface area (Å²) in [5.74, 6) is 0.753. The summed E-state index contributed by atoms with van der Waals surface area (Å²) in [6, 6.07) is 7.24. The molecule has 2 aromatic rings. The summed E-state index contributed by atoms with van der Waals surface area (Å²) in [7, 11) is 0. The van der Waals surface area contributed by atoms with Crippen molar-refractivity contribution >= 4 is 33.4 Å². The molecule has 19 heavy (non-hydrogen) atoms. The maximum Gasteiger partial charge on any atom is 0.238 e. The highest BCUT2D eigenvalue weighted by Crippen LogP contribution is 2.32. The van der Waals surface area contributed by atoms with Crippen LogP contribution in [0.25, 0.3) is 0 Å². The van der Waals surface area contributed by atoms with Crippen LogP contribution >= 0.6 is 27.5 Å². The fourth-order valence-corrected chi connectivity index (χ4v) is 2.08. The van der Waals surface area contributed by atoms with Crippen molar-refractivity contribution in [3.8, 4) is 11.6 Å². The Balaban J connectivity index is 2.41. The molecule has 0 aliphatic heterocycles. The lowest BCUT2D eigenvalue weighted by atomic mass is 10.2. The fraction of sp³-hybridized carbons (Fsp3) is 0.0769. The third kappa shape index (κ3) is 3.05. The minimum absolute atomic E-state index is 0.122. The Morgan fingerprint density at radius 1 is 1.42 bits per heavy atom. The van der Waals surface area contributed by atoms with Gasteiger partial charge in [-0.05, 0) is 30.7 Å². The number of amidine groups is 1. The zero-order chi connectivity index (χ0) is 14.0. The number of rotatable bonds is 3. The largest absolute Gasteiger partial charge is 0.437 e. The number of ether oxygens (including phenoxy) is 1. The van der Waals surface area contributed by atoms with Crippen molar-refractivity contribution < 1.29 is 4.74 Å². The topological polar surface area (TPSA) is 72.0 Å². The number of halogens is 2. The molecule has 1 aromatic heterocycles. The van der Waals surface area contributed by atoms with Crippen molar-refractivity contribution in [1.82, 2.24) is 4.98 Å². The number of aryl methyl sites for hydroxylation is 1. The first-order valence-corrected chi connectivity index (χ1v) is 6.59. The van der Waals surface area contributed by atoms with Crippen molar-refractivity contribution in [1.29, 1.82) is 5.41 Å². The first-order chi connectivity index (χ1) is 8.99. The predicted octanol–water partition coefficient (Wildman–Crippen LogP) is 3.88. The number of nitrogen functional groups attached to an aromatic ring is 1. The van der Waals surface area contributed by atoms with E-state index >= 15 is 0 Å². The van der Waals surface area contributed by atoms with Crippen LogP contribution in [0.5, 0.6) is 11.6 Å². The molecule has 1 aromatic carbocycles. The number of nitrogens with two attached hydrogens (primary N) is 1. The predicted molar refractivity (Wildman–Crippen MR) is 79.2 cm³/mol. The van der Waals surface area contributed by atoms with Gasteiger partial charge < -0.3 is 10.5 Å². The molecular formula is C13H11BrClN3O. The van der Waals surface area contributed by atoms with Crippen LogP contribution in [0, 0.1) is 12.3 Å². The molecule has 0 aliphatic rings. The Kier molecular flexibility index (Phi) is 4.07. The Labute approximate surface area is 124 Å². The molecule has 0 aliphatic carbocycles. The Morgan fingerprint density at radius 3 is 2.84 bits per heavy atom. The average molecular weight is 341 g/mol. The van der Waals surface area contributed by atoms with Gasteiger partial charge in [0.05, 0.1) is 0 Å². The third-order valence-electron chi connectivity index (χ3n) is 2.50. The first kappa shape index (κ1) is 13.8. The number of nitrogens with zero attached hydrogens (tertiary/aromatic N) is 1. The molecule has 0 unspecified atom stereocenters. The van der Waals surface area contributed by atoms with Crippen LogP contribution in [-0.4, -0.2) is 10.8 Å². The van der Waals surface area contributed by atoms with Gasteiger partial charge in [-0.2, -0.15) is 0 Å². The van der Waals surface area contributed by atoms with Gasteiger partial charge in [0.1, 0.15) is 16.6 Å². The summed E-state index contributed by atoms with van der Waals surface area (Å²) in [5, 5.41) is 7.66. The second-order valence-electron chi connectivity index (χ2n) is 3.90. The van der Waals surface area contributed by atoms with Crippen molar-refractivity contribution in [3.05, 3.63) is 51.1 Å². The van der Waals surface area contributed by atoms with Crippen molar-refractivity contribution in [2.45, 2.75) is 6.92 Å². The molecule has 4 nitrogen and oxygen atoms in total. The summed E-state index contributed by atoms with van der Waals surface area (Å²) in [4.78, 5) is 4.07. The van der Waals surface area contributed by atoms with E-state index in [1.54, 1.807) is 6.07 Å². The third-order valence-corrected chi connectivity index (χ3v) is 3.36. The molecular weight excluding hydrogens is 330 g/mol. The van der Waals surface area contributed by atoms with E-state index < -0.39 is 0 Å². The molecule has 0 radical (unpaired) electrons. The van der Waals surface area contributed by atoms with Crippen LogP contribution in [0.15, 0.2) is 34.9 Å². The molecule has 6 heteroatoms. The van der Waals surface area contributed by atoms with E-state index in [2.05, 4.69) is 20.9 Å². The minimum atomic E-state index is -0.122. The summed E-state index contributed by atoms with van der Waals surface area (Å²) in [6.45, 7) is 1.92. The second kappa shape index (κ2) is 5.59. The first-order valence-electron chi connectivity index (χ1n) is 5.42. The SMILES string of the molecule is Cc1ccc(Br)cc1Oc1nccc(C(=N)N)c1Cl. The van der Waals surface area contributed by atoms with Crippen molar-refractivity contribution in [3.63, 3.8) is 0 Å². The Morgan fingerprint density at radius 2 is 2.16 bits per heavy atom. The van der Waals surface area contributed by atoms with Crippen LogP contribution in [0.3, 0.4) is 0 Å². The molecule has 0 spiro atoms. The number of nitrogens with one attached hydrogen (secondary N) is 1. The maximum absolute atomic E-state index is 7.43. The highest BCUT2D eigenvalue weighted by atomic mass is 79.9. The standard InChI is InChI=1S/C13H11BrClN3O/c1-7-2-3-8(14)6-10(7)19-13-11(15)9(12(16)17)4-5-18-13/h2-6H,1H3,(H3,16,17). The minimum Gasteiger partial charge on any atom is -0.437 e. The second-order valence-corrected chi connectivity index (χ2v) is 5.20. The fourth-order valence-electron chi connectivity index (χ4n) is 1.49. The molecule has 0 amide bonds. The summed E-state index contributed by atoms with van der Waals surface area (Å²) in [5.41, 5.74) is 6.79. The van der Waals surface area contributed by atoms with Gasteiger partial charge in [-0.15, -0.1) is 0 Å². The summed E-state index contributed by atoms with van der Waals surface area (Å²) < 4.78 is 6.58. The van der Waals surface area contributed by atoms with E-state index in [9.17, 15) is 0 Å². The van der Waals surface area contributed by atoms with E-state index in [0.717, 1.165) is 10.0 Å². The zero-order valence-corrected chi connectivity index (χ0v) is 12.4. The van der Waals surface area contributed by atoms with E-state index in [1.807, 2.05) is 25.1 Å². The molecule has 98 valence electrons. The zero-order valence-electron chi connectivity index (χ0n) is 10.1.